The first-order valence-corrected chi connectivity index (χ1v) is 7.02. The van der Waals surface area contributed by atoms with Gasteiger partial charge in [-0.2, -0.15) is 0 Å². The minimum absolute atomic E-state index is 0.00196. The molecule has 0 saturated heterocycles. The van der Waals surface area contributed by atoms with E-state index < -0.39 is 23.5 Å². The quantitative estimate of drug-likeness (QED) is 0.173. The van der Waals surface area contributed by atoms with E-state index in [-0.39, 0.29) is 18.9 Å². The highest BCUT2D eigenvalue weighted by atomic mass is 16.6. The van der Waals surface area contributed by atoms with Crippen molar-refractivity contribution in [3.05, 3.63) is 12.3 Å². The molecule has 128 valence electrons. The monoisotopic (exact) mass is 326 g/mol. The maximum absolute atomic E-state index is 12.3. The summed E-state index contributed by atoms with van der Waals surface area (Å²) in [6.45, 7) is 5.45. The maximum atomic E-state index is 12.3. The van der Waals surface area contributed by atoms with Crippen LogP contribution in [0.5, 0.6) is 0 Å². The molecule has 0 aliphatic carbocycles. The van der Waals surface area contributed by atoms with E-state index in [4.69, 9.17) is 9.47 Å². The zero-order chi connectivity index (χ0) is 17.9. The Labute approximate surface area is 135 Å². The van der Waals surface area contributed by atoms with Crippen molar-refractivity contribution < 1.29 is 33.3 Å². The number of methoxy groups -OCH3 is 2. The Morgan fingerprint density at radius 1 is 1.17 bits per heavy atom. The van der Waals surface area contributed by atoms with Gasteiger partial charge in [-0.3, -0.25) is 0 Å². The van der Waals surface area contributed by atoms with E-state index in [1.165, 1.54) is 14.2 Å². The number of ether oxygens (including phenoxy) is 4. The van der Waals surface area contributed by atoms with Gasteiger partial charge in [-0.15, -0.1) is 0 Å². The fourth-order valence-corrected chi connectivity index (χ4v) is 1.61. The van der Waals surface area contributed by atoms with Crippen LogP contribution in [0.4, 0.5) is 0 Å². The minimum Gasteiger partial charge on any atom is -0.470 e. The van der Waals surface area contributed by atoms with Crippen LogP contribution in [-0.2, 0) is 33.3 Å². The first-order valence-electron chi connectivity index (χ1n) is 7.02. The molecule has 0 amide bonds. The summed E-state index contributed by atoms with van der Waals surface area (Å²) < 4.78 is 19.3. The van der Waals surface area contributed by atoms with Gasteiger partial charge in [-0.05, 0) is 18.8 Å². The highest BCUT2D eigenvalue weighted by Gasteiger charge is 2.41. The van der Waals surface area contributed by atoms with E-state index in [1.807, 2.05) is 13.8 Å². The SMILES string of the molecule is CCOC(=O)C(C#CC(=O)OC)(CC(C)C)O/C=C/C(=O)OC. The molecule has 1 unspecified atom stereocenters. The van der Waals surface area contributed by atoms with E-state index >= 15 is 0 Å². The fraction of sp³-hybridized carbons (Fsp3) is 0.562. The molecule has 0 fully saturated rings. The number of esters is 3. The van der Waals surface area contributed by atoms with Crippen LogP contribution in [0.25, 0.3) is 0 Å². The average Bonchev–Trinajstić information content (AvgIpc) is 2.51. The van der Waals surface area contributed by atoms with Crippen LogP contribution in [0, 0.1) is 17.8 Å². The molecule has 0 aliphatic rings. The second kappa shape index (κ2) is 10.3. The lowest BCUT2D eigenvalue weighted by atomic mass is 9.92. The van der Waals surface area contributed by atoms with E-state index in [9.17, 15) is 14.4 Å². The Bertz CT molecular complexity index is 510. The van der Waals surface area contributed by atoms with Crippen molar-refractivity contribution in [2.24, 2.45) is 5.92 Å². The first kappa shape index (κ1) is 20.5. The van der Waals surface area contributed by atoms with Crippen LogP contribution in [0.2, 0.25) is 0 Å². The molecule has 0 radical (unpaired) electrons. The van der Waals surface area contributed by atoms with Gasteiger partial charge in [0.05, 0.1) is 33.2 Å². The smallest absolute Gasteiger partial charge is 0.384 e. The lowest BCUT2D eigenvalue weighted by molar-refractivity contribution is -0.161. The Morgan fingerprint density at radius 3 is 2.30 bits per heavy atom. The van der Waals surface area contributed by atoms with Crippen molar-refractivity contribution in [2.75, 3.05) is 20.8 Å². The lowest BCUT2D eigenvalue weighted by Crippen LogP contribution is -2.42. The molecule has 7 heteroatoms. The summed E-state index contributed by atoms with van der Waals surface area (Å²) in [4.78, 5) is 34.7. The fourth-order valence-electron chi connectivity index (χ4n) is 1.61. The topological polar surface area (TPSA) is 88.1 Å². The molecule has 0 rings (SSSR count). The third-order valence-corrected chi connectivity index (χ3v) is 2.53. The lowest BCUT2D eigenvalue weighted by Gasteiger charge is -2.27. The van der Waals surface area contributed by atoms with Crippen LogP contribution >= 0.6 is 0 Å². The maximum Gasteiger partial charge on any atom is 0.384 e. The minimum atomic E-state index is -1.72. The number of carbonyl (C=O) groups excluding carboxylic acids is 3. The van der Waals surface area contributed by atoms with Gasteiger partial charge in [0.2, 0.25) is 0 Å². The third kappa shape index (κ3) is 7.36. The van der Waals surface area contributed by atoms with Crippen molar-refractivity contribution in [1.29, 1.82) is 0 Å². The van der Waals surface area contributed by atoms with Gasteiger partial charge in [-0.1, -0.05) is 13.8 Å². The Hall–Kier alpha value is -2.49. The van der Waals surface area contributed by atoms with Crippen molar-refractivity contribution in [3.8, 4) is 11.8 Å². The summed E-state index contributed by atoms with van der Waals surface area (Å²) in [6.07, 6.45) is 2.15. The van der Waals surface area contributed by atoms with E-state index in [0.29, 0.717) is 0 Å². The van der Waals surface area contributed by atoms with Crippen molar-refractivity contribution in [3.63, 3.8) is 0 Å². The summed E-state index contributed by atoms with van der Waals surface area (Å²) in [5.74, 6) is 2.42. The number of rotatable bonds is 7. The van der Waals surface area contributed by atoms with Crippen LogP contribution in [0.15, 0.2) is 12.3 Å². The van der Waals surface area contributed by atoms with Gasteiger partial charge in [0.15, 0.2) is 0 Å². The number of carbonyl (C=O) groups is 3. The van der Waals surface area contributed by atoms with Gasteiger partial charge in [0.1, 0.15) is 0 Å². The van der Waals surface area contributed by atoms with Crippen molar-refractivity contribution in [1.82, 2.24) is 0 Å². The molecule has 23 heavy (non-hydrogen) atoms. The van der Waals surface area contributed by atoms with E-state index in [1.54, 1.807) is 6.92 Å². The second-order valence-corrected chi connectivity index (χ2v) is 4.83. The molecule has 0 saturated carbocycles. The summed E-state index contributed by atoms with van der Waals surface area (Å²) in [7, 11) is 2.37. The van der Waals surface area contributed by atoms with Gasteiger partial charge in [0.25, 0.3) is 5.60 Å². The molecular formula is C16H22O7. The summed E-state index contributed by atoms with van der Waals surface area (Å²) in [6, 6.07) is 0. The first-order chi connectivity index (χ1) is 10.8. The van der Waals surface area contributed by atoms with Gasteiger partial charge >= 0.3 is 17.9 Å². The molecule has 0 aromatic carbocycles. The Morgan fingerprint density at radius 2 is 1.83 bits per heavy atom. The number of hydrogen-bond donors (Lipinski definition) is 0. The molecule has 0 heterocycles. The van der Waals surface area contributed by atoms with Crippen LogP contribution < -0.4 is 0 Å². The highest BCUT2D eigenvalue weighted by Crippen LogP contribution is 2.23. The molecule has 0 N–H and O–H groups in total. The molecule has 1 atom stereocenters. The summed E-state index contributed by atoms with van der Waals surface area (Å²) in [5, 5.41) is 0. The standard InChI is InChI=1S/C16H22O7/c1-6-22-15(19)16(11-12(2)3,9-7-13(17)20-4)23-10-8-14(18)21-5/h8,10,12H,6,11H2,1-5H3/b10-8+. The number of hydrogen-bond acceptors (Lipinski definition) is 7. The van der Waals surface area contributed by atoms with Gasteiger partial charge in [-0.25, -0.2) is 14.4 Å². The molecular weight excluding hydrogens is 304 g/mol. The molecule has 7 nitrogen and oxygen atoms in total. The Kier molecular flexibility index (Phi) is 9.16. The zero-order valence-corrected chi connectivity index (χ0v) is 14.0. The molecule has 0 aromatic heterocycles. The predicted octanol–water partition coefficient (Wildman–Crippen LogP) is 1.21. The van der Waals surface area contributed by atoms with Gasteiger partial charge in [0, 0.05) is 12.3 Å². The molecule has 0 bridgehead atoms. The van der Waals surface area contributed by atoms with E-state index in [2.05, 4.69) is 21.3 Å². The normalized spacial score (nSPS) is 12.8. The van der Waals surface area contributed by atoms with Crippen molar-refractivity contribution in [2.45, 2.75) is 32.8 Å². The molecule has 0 aromatic rings. The van der Waals surface area contributed by atoms with Crippen LogP contribution in [-0.4, -0.2) is 44.3 Å². The third-order valence-electron chi connectivity index (χ3n) is 2.53. The van der Waals surface area contributed by atoms with E-state index in [0.717, 1.165) is 12.3 Å². The summed E-state index contributed by atoms with van der Waals surface area (Å²) >= 11 is 0. The zero-order valence-electron chi connectivity index (χ0n) is 14.0. The van der Waals surface area contributed by atoms with Crippen molar-refractivity contribution >= 4 is 17.9 Å². The van der Waals surface area contributed by atoms with Crippen LogP contribution in [0.3, 0.4) is 0 Å². The van der Waals surface area contributed by atoms with Gasteiger partial charge < -0.3 is 18.9 Å². The summed E-state index contributed by atoms with van der Waals surface area (Å²) in [5.41, 5.74) is -1.72. The predicted molar refractivity (Wildman–Crippen MR) is 80.9 cm³/mol. The average molecular weight is 326 g/mol. The molecule has 0 aliphatic heterocycles. The largest absolute Gasteiger partial charge is 0.470 e. The Balaban J connectivity index is 5.66. The van der Waals surface area contributed by atoms with Crippen LogP contribution in [0.1, 0.15) is 27.2 Å². The highest BCUT2D eigenvalue weighted by molar-refractivity contribution is 5.92. The second-order valence-electron chi connectivity index (χ2n) is 4.83. The molecule has 0 spiro atoms.